The predicted molar refractivity (Wildman–Crippen MR) is 165 cm³/mol. The van der Waals surface area contributed by atoms with Crippen molar-refractivity contribution in [2.45, 2.75) is 13.5 Å². The second kappa shape index (κ2) is 13.6. The topological polar surface area (TPSA) is 106 Å². The van der Waals surface area contributed by atoms with Crippen molar-refractivity contribution in [3.8, 4) is 11.5 Å². The van der Waals surface area contributed by atoms with Gasteiger partial charge in [0.1, 0.15) is 6.61 Å². The van der Waals surface area contributed by atoms with Gasteiger partial charge in [0.2, 0.25) is 17.8 Å². The molecule has 1 aliphatic rings. The number of morpholine rings is 1. The summed E-state index contributed by atoms with van der Waals surface area (Å²) in [6.07, 6.45) is 1.66. The van der Waals surface area contributed by atoms with Crippen molar-refractivity contribution in [3.05, 3.63) is 86.8 Å². The maximum absolute atomic E-state index is 6.36. The van der Waals surface area contributed by atoms with Crippen LogP contribution in [0.5, 0.6) is 11.5 Å². The first-order valence-corrected chi connectivity index (χ1v) is 14.1. The van der Waals surface area contributed by atoms with E-state index >= 15 is 0 Å². The van der Waals surface area contributed by atoms with Crippen molar-refractivity contribution < 1.29 is 14.2 Å². The van der Waals surface area contributed by atoms with Crippen molar-refractivity contribution in [2.24, 2.45) is 5.10 Å². The van der Waals surface area contributed by atoms with Gasteiger partial charge in [-0.3, -0.25) is 0 Å². The van der Waals surface area contributed by atoms with Crippen LogP contribution in [0.25, 0.3) is 0 Å². The first-order valence-electron chi connectivity index (χ1n) is 12.9. The Kier molecular flexibility index (Phi) is 9.50. The van der Waals surface area contributed by atoms with Crippen LogP contribution in [-0.4, -0.2) is 54.6 Å². The van der Waals surface area contributed by atoms with Crippen molar-refractivity contribution in [2.75, 3.05) is 49.1 Å². The smallest absolute Gasteiger partial charge is 0.250 e. The van der Waals surface area contributed by atoms with Crippen LogP contribution in [0.1, 0.15) is 16.7 Å². The molecular formula is C29H29BrClN7O3. The van der Waals surface area contributed by atoms with Gasteiger partial charge in [0.25, 0.3) is 0 Å². The summed E-state index contributed by atoms with van der Waals surface area (Å²) in [6, 6.07) is 19.3. The largest absolute Gasteiger partial charge is 0.493 e. The fourth-order valence-electron chi connectivity index (χ4n) is 4.02. The Morgan fingerprint density at radius 3 is 2.59 bits per heavy atom. The zero-order chi connectivity index (χ0) is 28.6. The summed E-state index contributed by atoms with van der Waals surface area (Å²) in [5.74, 6) is 2.39. The van der Waals surface area contributed by atoms with E-state index in [-0.39, 0.29) is 5.95 Å². The van der Waals surface area contributed by atoms with Crippen LogP contribution in [0.4, 0.5) is 23.5 Å². The predicted octanol–water partition coefficient (Wildman–Crippen LogP) is 6.21. The third-order valence-corrected chi connectivity index (χ3v) is 7.28. The molecule has 0 spiro atoms. The summed E-state index contributed by atoms with van der Waals surface area (Å²) in [5, 5.41) is 8.23. The van der Waals surface area contributed by atoms with Gasteiger partial charge in [0.15, 0.2) is 11.5 Å². The van der Waals surface area contributed by atoms with E-state index < -0.39 is 0 Å². The van der Waals surface area contributed by atoms with Crippen LogP contribution in [0.15, 0.2) is 70.2 Å². The van der Waals surface area contributed by atoms with Crippen LogP contribution < -0.4 is 25.1 Å². The first-order chi connectivity index (χ1) is 20.0. The number of anilines is 4. The monoisotopic (exact) mass is 637 g/mol. The van der Waals surface area contributed by atoms with Gasteiger partial charge in [0, 0.05) is 22.6 Å². The summed E-state index contributed by atoms with van der Waals surface area (Å²) >= 11 is 9.94. The van der Waals surface area contributed by atoms with Crippen molar-refractivity contribution in [1.29, 1.82) is 0 Å². The lowest BCUT2D eigenvalue weighted by molar-refractivity contribution is 0.122. The summed E-state index contributed by atoms with van der Waals surface area (Å²) < 4.78 is 17.8. The summed E-state index contributed by atoms with van der Waals surface area (Å²) in [4.78, 5) is 15.8. The highest BCUT2D eigenvalue weighted by atomic mass is 79.9. The highest BCUT2D eigenvalue weighted by Crippen LogP contribution is 2.31. The normalized spacial score (nSPS) is 13.3. The highest BCUT2D eigenvalue weighted by molar-refractivity contribution is 9.10. The third kappa shape index (κ3) is 7.63. The molecule has 2 N–H and O–H groups in total. The molecule has 0 atom stereocenters. The van der Waals surface area contributed by atoms with Gasteiger partial charge < -0.3 is 24.4 Å². The second-order valence-electron chi connectivity index (χ2n) is 9.14. The minimum Gasteiger partial charge on any atom is -0.493 e. The van der Waals surface area contributed by atoms with Gasteiger partial charge in [0.05, 0.1) is 32.2 Å². The van der Waals surface area contributed by atoms with Gasteiger partial charge in [-0.25, -0.2) is 5.43 Å². The van der Waals surface area contributed by atoms with E-state index in [0.29, 0.717) is 61.3 Å². The summed E-state index contributed by atoms with van der Waals surface area (Å²) in [6.45, 7) is 4.92. The first kappa shape index (κ1) is 28.6. The molecule has 1 saturated heterocycles. The molecule has 0 bridgehead atoms. The van der Waals surface area contributed by atoms with Gasteiger partial charge in [-0.05, 0) is 69.9 Å². The zero-order valence-corrected chi connectivity index (χ0v) is 24.9. The molecule has 3 aromatic carbocycles. The SMILES string of the molecule is COc1cc(C=NNc2nc(Nc3cc(Cl)c(C)cc3Br)nc(N3CCOCC3)n2)ccc1OCc1ccccc1. The maximum atomic E-state index is 6.36. The molecule has 4 aromatic rings. The summed E-state index contributed by atoms with van der Waals surface area (Å²) in [5.41, 5.74) is 6.50. The average molecular weight is 639 g/mol. The van der Waals surface area contributed by atoms with Crippen LogP contribution in [0.2, 0.25) is 5.02 Å². The van der Waals surface area contributed by atoms with Crippen LogP contribution >= 0.6 is 27.5 Å². The fraction of sp³-hybridized carbons (Fsp3) is 0.241. The number of aryl methyl sites for hydroxylation is 1. The number of benzene rings is 3. The molecule has 12 heteroatoms. The molecule has 0 unspecified atom stereocenters. The number of nitrogens with zero attached hydrogens (tertiary/aromatic N) is 5. The number of hydrogen-bond acceptors (Lipinski definition) is 10. The molecule has 212 valence electrons. The number of hydrogen-bond donors (Lipinski definition) is 2. The number of aromatic nitrogens is 3. The molecule has 5 rings (SSSR count). The molecule has 0 saturated carbocycles. The number of methoxy groups -OCH3 is 1. The molecule has 1 aliphatic heterocycles. The Labute approximate surface area is 251 Å². The van der Waals surface area contributed by atoms with Crippen LogP contribution in [-0.2, 0) is 11.3 Å². The van der Waals surface area contributed by atoms with Gasteiger partial charge in [-0.2, -0.15) is 20.1 Å². The Bertz CT molecular complexity index is 1520. The summed E-state index contributed by atoms with van der Waals surface area (Å²) in [7, 11) is 1.61. The minimum atomic E-state index is 0.282. The van der Waals surface area contributed by atoms with Crippen molar-refractivity contribution >= 4 is 57.3 Å². The van der Waals surface area contributed by atoms with E-state index in [2.05, 4.69) is 46.7 Å². The average Bonchev–Trinajstić information content (AvgIpc) is 3.00. The van der Waals surface area contributed by atoms with Gasteiger partial charge in [-0.1, -0.05) is 41.9 Å². The molecule has 41 heavy (non-hydrogen) atoms. The third-order valence-electron chi connectivity index (χ3n) is 6.22. The Morgan fingerprint density at radius 2 is 1.80 bits per heavy atom. The van der Waals surface area contributed by atoms with Crippen LogP contribution in [0, 0.1) is 6.92 Å². The molecule has 1 fully saturated rings. The van der Waals surface area contributed by atoms with Gasteiger partial charge in [-0.15, -0.1) is 0 Å². The van der Waals surface area contributed by atoms with E-state index in [4.69, 9.17) is 25.8 Å². The Balaban J connectivity index is 1.33. The zero-order valence-electron chi connectivity index (χ0n) is 22.6. The lowest BCUT2D eigenvalue weighted by Gasteiger charge is -2.27. The molecule has 10 nitrogen and oxygen atoms in total. The molecule has 1 aromatic heterocycles. The molecule has 0 aliphatic carbocycles. The van der Waals surface area contributed by atoms with E-state index in [1.54, 1.807) is 13.3 Å². The number of nitrogens with one attached hydrogen (secondary N) is 2. The van der Waals surface area contributed by atoms with Gasteiger partial charge >= 0.3 is 0 Å². The van der Waals surface area contributed by atoms with E-state index in [1.165, 1.54) is 0 Å². The quantitative estimate of drug-likeness (QED) is 0.155. The number of rotatable bonds is 10. The maximum Gasteiger partial charge on any atom is 0.250 e. The van der Waals surface area contributed by atoms with E-state index in [1.807, 2.05) is 72.5 Å². The van der Waals surface area contributed by atoms with Crippen molar-refractivity contribution in [1.82, 2.24) is 15.0 Å². The molecule has 0 radical (unpaired) electrons. The highest BCUT2D eigenvalue weighted by Gasteiger charge is 2.17. The Hall–Kier alpha value is -3.93. The van der Waals surface area contributed by atoms with Crippen LogP contribution in [0.3, 0.4) is 0 Å². The molecular weight excluding hydrogens is 610 g/mol. The van der Waals surface area contributed by atoms with E-state index in [0.717, 1.165) is 26.9 Å². The molecule has 0 amide bonds. The Morgan fingerprint density at radius 1 is 1.02 bits per heavy atom. The van der Waals surface area contributed by atoms with E-state index in [9.17, 15) is 0 Å². The lowest BCUT2D eigenvalue weighted by Crippen LogP contribution is -2.37. The number of hydrazone groups is 1. The second-order valence-corrected chi connectivity index (χ2v) is 10.4. The standard InChI is InChI=1S/C29H29BrClN7O3/c1-19-14-22(30)24(16-23(19)31)33-27-34-28(36-29(35-27)38-10-12-40-13-11-38)37-32-17-21-8-9-25(26(15-21)39-2)41-18-20-6-4-3-5-7-20/h3-9,14-17H,10-13,18H2,1-2H3,(H2,33,34,35,36,37). The lowest BCUT2D eigenvalue weighted by atomic mass is 10.2. The molecule has 2 heterocycles. The van der Waals surface area contributed by atoms with Crippen molar-refractivity contribution in [3.63, 3.8) is 0 Å². The number of ether oxygens (including phenoxy) is 3. The minimum absolute atomic E-state index is 0.282. The number of halogens is 2. The fourth-order valence-corrected chi connectivity index (χ4v) is 4.74.